The lowest BCUT2D eigenvalue weighted by atomic mass is 10.2. The van der Waals surface area contributed by atoms with E-state index in [4.69, 9.17) is 10.5 Å². The Balaban J connectivity index is 2.53. The number of carbonyl (C=O) groups is 1. The molecule has 1 rings (SSSR count). The van der Waals surface area contributed by atoms with E-state index < -0.39 is 11.6 Å². The van der Waals surface area contributed by atoms with E-state index in [1.807, 2.05) is 0 Å². The van der Waals surface area contributed by atoms with E-state index >= 15 is 0 Å². The minimum atomic E-state index is -1.10. The molecule has 0 bridgehead atoms. The van der Waals surface area contributed by atoms with E-state index in [0.29, 0.717) is 13.2 Å². The molecule has 0 saturated heterocycles. The molecule has 1 aromatic rings. The second-order valence-corrected chi connectivity index (χ2v) is 3.52. The molecule has 5 nitrogen and oxygen atoms in total. The van der Waals surface area contributed by atoms with Gasteiger partial charge in [0.25, 0.3) is 0 Å². The lowest BCUT2D eigenvalue weighted by Crippen LogP contribution is -2.32. The van der Waals surface area contributed by atoms with Crippen molar-refractivity contribution in [3.8, 4) is 0 Å². The van der Waals surface area contributed by atoms with E-state index in [9.17, 15) is 13.6 Å². The molecule has 0 fully saturated rings. The summed E-state index contributed by atoms with van der Waals surface area (Å²) in [5.41, 5.74) is 5.31. The summed E-state index contributed by atoms with van der Waals surface area (Å²) in [5, 5.41) is 4.98. The minimum absolute atomic E-state index is 0.0404. The van der Waals surface area contributed by atoms with Crippen LogP contribution in [0.4, 0.5) is 20.2 Å². The van der Waals surface area contributed by atoms with Gasteiger partial charge in [-0.3, -0.25) is 4.79 Å². The van der Waals surface area contributed by atoms with Gasteiger partial charge in [0.05, 0.1) is 24.5 Å². The summed E-state index contributed by atoms with van der Waals surface area (Å²) in [6, 6.07) is 2.15. The van der Waals surface area contributed by atoms with Gasteiger partial charge in [-0.05, 0) is 12.1 Å². The third kappa shape index (κ3) is 3.85. The fourth-order valence-corrected chi connectivity index (χ4v) is 1.27. The molecule has 100 valence electrons. The molecule has 4 N–H and O–H groups in total. The van der Waals surface area contributed by atoms with Crippen molar-refractivity contribution in [3.63, 3.8) is 0 Å². The van der Waals surface area contributed by atoms with Crippen LogP contribution in [0.3, 0.4) is 0 Å². The zero-order valence-electron chi connectivity index (χ0n) is 9.93. The number of nitrogens with two attached hydrogens (primary N) is 1. The van der Waals surface area contributed by atoms with E-state index in [1.54, 1.807) is 0 Å². The number of hydrogen-bond acceptors (Lipinski definition) is 4. The molecule has 0 aliphatic heterocycles. The molecule has 0 atom stereocenters. The fourth-order valence-electron chi connectivity index (χ4n) is 1.27. The molecule has 0 spiro atoms. The number of nitrogen functional groups attached to an aromatic ring is 1. The van der Waals surface area contributed by atoms with Crippen molar-refractivity contribution in [1.29, 1.82) is 0 Å². The fraction of sp³-hybridized carbons (Fsp3) is 0.364. The Bertz CT molecular complexity index is 427. The molecule has 0 radical (unpaired) electrons. The number of ether oxygens (including phenoxy) is 1. The van der Waals surface area contributed by atoms with Crippen molar-refractivity contribution < 1.29 is 18.3 Å². The molecule has 0 heterocycles. The molecule has 7 heteroatoms. The Hall–Kier alpha value is -1.89. The van der Waals surface area contributed by atoms with E-state index in [1.165, 1.54) is 13.2 Å². The lowest BCUT2D eigenvalue weighted by molar-refractivity contribution is -0.119. The van der Waals surface area contributed by atoms with Crippen molar-refractivity contribution in [2.24, 2.45) is 0 Å². The standard InChI is InChI=1S/C11H15F2N3O2/c1-18-5-4-15-9(17)6-16-11-8(14)3-2-7(12)10(11)13/h2-3,16H,4-6,14H2,1H3,(H,15,17). The maximum atomic E-state index is 13.4. The number of anilines is 2. The first kappa shape index (κ1) is 14.2. The van der Waals surface area contributed by atoms with Gasteiger partial charge in [0, 0.05) is 13.7 Å². The number of nitrogens with one attached hydrogen (secondary N) is 2. The van der Waals surface area contributed by atoms with Crippen LogP contribution in [0, 0.1) is 11.6 Å². The van der Waals surface area contributed by atoms with Gasteiger partial charge < -0.3 is 21.1 Å². The molecule has 0 aromatic heterocycles. The van der Waals surface area contributed by atoms with Gasteiger partial charge in [-0.2, -0.15) is 0 Å². The minimum Gasteiger partial charge on any atom is -0.397 e. The monoisotopic (exact) mass is 259 g/mol. The van der Waals surface area contributed by atoms with Gasteiger partial charge >= 0.3 is 0 Å². The first-order chi connectivity index (χ1) is 8.56. The molecule has 1 aromatic carbocycles. The number of benzene rings is 1. The van der Waals surface area contributed by atoms with Crippen molar-refractivity contribution in [1.82, 2.24) is 5.32 Å². The first-order valence-corrected chi connectivity index (χ1v) is 5.29. The summed E-state index contributed by atoms with van der Waals surface area (Å²) in [7, 11) is 1.51. The SMILES string of the molecule is COCCNC(=O)CNc1c(N)ccc(F)c1F. The average molecular weight is 259 g/mol. The van der Waals surface area contributed by atoms with Crippen molar-refractivity contribution in [2.75, 3.05) is 37.9 Å². The molecule has 0 saturated carbocycles. The highest BCUT2D eigenvalue weighted by Crippen LogP contribution is 2.24. The summed E-state index contributed by atoms with van der Waals surface area (Å²) in [5.74, 6) is -2.48. The van der Waals surface area contributed by atoms with Crippen LogP contribution in [0.1, 0.15) is 0 Å². The molecular weight excluding hydrogens is 244 g/mol. The predicted octanol–water partition coefficient (Wildman–Crippen LogP) is 0.722. The zero-order valence-corrected chi connectivity index (χ0v) is 9.93. The Labute approximate surface area is 103 Å². The lowest BCUT2D eigenvalue weighted by Gasteiger charge is -2.10. The molecule has 1 amide bonds. The third-order valence-corrected chi connectivity index (χ3v) is 2.18. The highest BCUT2D eigenvalue weighted by molar-refractivity contribution is 5.82. The van der Waals surface area contributed by atoms with E-state index in [-0.39, 0.29) is 23.8 Å². The summed E-state index contributed by atoms with van der Waals surface area (Å²) < 4.78 is 31.0. The topological polar surface area (TPSA) is 76.4 Å². The smallest absolute Gasteiger partial charge is 0.239 e. The number of halogens is 2. The summed E-state index contributed by atoms with van der Waals surface area (Å²) >= 11 is 0. The molecular formula is C11H15F2N3O2. The summed E-state index contributed by atoms with van der Waals surface area (Å²) in [6.07, 6.45) is 0. The number of amides is 1. The van der Waals surface area contributed by atoms with Gasteiger partial charge in [-0.25, -0.2) is 8.78 Å². The van der Waals surface area contributed by atoms with Crippen LogP contribution in [-0.4, -0.2) is 32.7 Å². The van der Waals surface area contributed by atoms with Crippen molar-refractivity contribution in [3.05, 3.63) is 23.8 Å². The van der Waals surface area contributed by atoms with Crippen LogP contribution in [-0.2, 0) is 9.53 Å². The Morgan fingerprint density at radius 1 is 1.44 bits per heavy atom. The number of rotatable bonds is 6. The molecule has 0 aliphatic carbocycles. The maximum absolute atomic E-state index is 13.4. The largest absolute Gasteiger partial charge is 0.397 e. The van der Waals surface area contributed by atoms with Gasteiger partial charge in [-0.1, -0.05) is 0 Å². The highest BCUT2D eigenvalue weighted by atomic mass is 19.2. The first-order valence-electron chi connectivity index (χ1n) is 5.29. The Morgan fingerprint density at radius 3 is 2.83 bits per heavy atom. The van der Waals surface area contributed by atoms with Gasteiger partial charge in [0.1, 0.15) is 0 Å². The van der Waals surface area contributed by atoms with Crippen molar-refractivity contribution >= 4 is 17.3 Å². The van der Waals surface area contributed by atoms with Gasteiger partial charge in [-0.15, -0.1) is 0 Å². The third-order valence-electron chi connectivity index (χ3n) is 2.18. The molecule has 0 aliphatic rings. The molecule has 0 unspecified atom stereocenters. The maximum Gasteiger partial charge on any atom is 0.239 e. The van der Waals surface area contributed by atoms with Crippen LogP contribution in [0.2, 0.25) is 0 Å². The molecule has 18 heavy (non-hydrogen) atoms. The number of carbonyl (C=O) groups excluding carboxylic acids is 1. The second kappa shape index (κ2) is 6.75. The van der Waals surface area contributed by atoms with Crippen LogP contribution in [0.25, 0.3) is 0 Å². The van der Waals surface area contributed by atoms with E-state index in [0.717, 1.165) is 6.07 Å². The Kier molecular flexibility index (Phi) is 5.31. The quantitative estimate of drug-likeness (QED) is 0.520. The van der Waals surface area contributed by atoms with Gasteiger partial charge in [0.15, 0.2) is 11.6 Å². The van der Waals surface area contributed by atoms with Crippen LogP contribution >= 0.6 is 0 Å². The van der Waals surface area contributed by atoms with Crippen LogP contribution in [0.15, 0.2) is 12.1 Å². The average Bonchev–Trinajstić information content (AvgIpc) is 2.34. The summed E-state index contributed by atoms with van der Waals surface area (Å²) in [4.78, 5) is 11.3. The highest BCUT2D eigenvalue weighted by Gasteiger charge is 2.12. The van der Waals surface area contributed by atoms with Gasteiger partial charge in [0.2, 0.25) is 5.91 Å². The summed E-state index contributed by atoms with van der Waals surface area (Å²) in [6.45, 7) is 0.522. The normalized spacial score (nSPS) is 10.2. The Morgan fingerprint density at radius 2 is 2.17 bits per heavy atom. The number of hydrogen-bond donors (Lipinski definition) is 3. The van der Waals surface area contributed by atoms with Crippen LogP contribution < -0.4 is 16.4 Å². The van der Waals surface area contributed by atoms with Crippen LogP contribution in [0.5, 0.6) is 0 Å². The number of methoxy groups -OCH3 is 1. The predicted molar refractivity (Wildman–Crippen MR) is 64.1 cm³/mol. The second-order valence-electron chi connectivity index (χ2n) is 3.52. The van der Waals surface area contributed by atoms with E-state index in [2.05, 4.69) is 10.6 Å². The zero-order chi connectivity index (χ0) is 13.5. The van der Waals surface area contributed by atoms with Crippen molar-refractivity contribution in [2.45, 2.75) is 0 Å².